The number of rotatable bonds is 7. The van der Waals surface area contributed by atoms with Gasteiger partial charge in [-0.25, -0.2) is 0 Å². The maximum atomic E-state index is 4.46. The Balaban J connectivity index is 2.13. The van der Waals surface area contributed by atoms with E-state index in [9.17, 15) is 0 Å². The van der Waals surface area contributed by atoms with Crippen molar-refractivity contribution in [3.8, 4) is 0 Å². The van der Waals surface area contributed by atoms with Gasteiger partial charge in [0.1, 0.15) is 0 Å². The van der Waals surface area contributed by atoms with E-state index in [-0.39, 0.29) is 6.04 Å². The van der Waals surface area contributed by atoms with Gasteiger partial charge >= 0.3 is 0 Å². The summed E-state index contributed by atoms with van der Waals surface area (Å²) in [6, 6.07) is 8.58. The summed E-state index contributed by atoms with van der Waals surface area (Å²) in [6.07, 6.45) is 2.97. The van der Waals surface area contributed by atoms with Crippen molar-refractivity contribution in [3.63, 3.8) is 0 Å². The highest BCUT2D eigenvalue weighted by molar-refractivity contribution is 9.10. The lowest BCUT2D eigenvalue weighted by Gasteiger charge is -2.18. The maximum absolute atomic E-state index is 4.46. The van der Waals surface area contributed by atoms with Crippen LogP contribution in [0.15, 0.2) is 44.3 Å². The van der Waals surface area contributed by atoms with E-state index >= 15 is 0 Å². The molecule has 0 fully saturated rings. The number of aryl methyl sites for hydroxylation is 1. The molecule has 2 aromatic rings. The molecule has 1 N–H and O–H groups in total. The van der Waals surface area contributed by atoms with Crippen LogP contribution in [0, 0.1) is 0 Å². The number of thioether (sulfide) groups is 1. The molecule has 0 spiro atoms. The molecule has 0 amide bonds. The van der Waals surface area contributed by atoms with E-state index in [1.807, 2.05) is 31.1 Å². The van der Waals surface area contributed by atoms with Crippen molar-refractivity contribution >= 4 is 43.6 Å². The molecule has 2 rings (SSSR count). The van der Waals surface area contributed by atoms with Crippen LogP contribution >= 0.6 is 43.6 Å². The first kappa shape index (κ1) is 17.1. The number of aromatic nitrogens is 2. The third kappa shape index (κ3) is 4.34. The molecule has 1 aromatic heterocycles. The molecule has 0 saturated heterocycles. The van der Waals surface area contributed by atoms with Crippen LogP contribution in [0.25, 0.3) is 0 Å². The number of hydrogen-bond acceptors (Lipinski definition) is 3. The molecule has 1 aromatic carbocycles. The van der Waals surface area contributed by atoms with E-state index in [2.05, 4.69) is 72.1 Å². The fraction of sp³-hybridized carbons (Fsp3) is 0.400. The van der Waals surface area contributed by atoms with Gasteiger partial charge in [-0.05, 0) is 57.5 Å². The van der Waals surface area contributed by atoms with Gasteiger partial charge in [0, 0.05) is 21.7 Å². The lowest BCUT2D eigenvalue weighted by molar-refractivity contribution is 0.523. The third-order valence-electron chi connectivity index (χ3n) is 3.19. The summed E-state index contributed by atoms with van der Waals surface area (Å²) >= 11 is 9.07. The van der Waals surface area contributed by atoms with Gasteiger partial charge < -0.3 is 5.32 Å². The van der Waals surface area contributed by atoms with E-state index < -0.39 is 0 Å². The largest absolute Gasteiger partial charge is 0.311 e. The van der Waals surface area contributed by atoms with E-state index in [1.165, 1.54) is 10.6 Å². The third-order valence-corrected chi connectivity index (χ3v) is 5.92. The lowest BCUT2D eigenvalue weighted by Crippen LogP contribution is -2.23. The van der Waals surface area contributed by atoms with Crippen LogP contribution in [0.5, 0.6) is 0 Å². The summed E-state index contributed by atoms with van der Waals surface area (Å²) in [6.45, 7) is 3.11. The number of hydrogen-bond donors (Lipinski definition) is 1. The Bertz CT molecular complexity index is 586. The van der Waals surface area contributed by atoms with E-state index in [0.29, 0.717) is 0 Å². The van der Waals surface area contributed by atoms with E-state index in [0.717, 1.165) is 27.7 Å². The second-order valence-electron chi connectivity index (χ2n) is 4.68. The molecule has 114 valence electrons. The first-order valence-electron chi connectivity index (χ1n) is 6.93. The van der Waals surface area contributed by atoms with Gasteiger partial charge in [-0.3, -0.25) is 4.68 Å². The predicted molar refractivity (Wildman–Crippen MR) is 96.9 cm³/mol. The van der Waals surface area contributed by atoms with E-state index in [1.54, 1.807) is 0 Å². The smallest absolute Gasteiger partial charge is 0.0704 e. The number of nitrogens with zero attached hydrogens (tertiary/aromatic N) is 2. The Morgan fingerprint density at radius 3 is 2.71 bits per heavy atom. The highest BCUT2D eigenvalue weighted by Gasteiger charge is 2.19. The Kier molecular flexibility index (Phi) is 6.79. The minimum atomic E-state index is 0.255. The van der Waals surface area contributed by atoms with Crippen LogP contribution in [0.1, 0.15) is 25.1 Å². The normalized spacial score (nSPS) is 12.6. The zero-order chi connectivity index (χ0) is 15.2. The van der Waals surface area contributed by atoms with Gasteiger partial charge in [-0.2, -0.15) is 5.10 Å². The van der Waals surface area contributed by atoms with Gasteiger partial charge in [-0.1, -0.05) is 19.1 Å². The highest BCUT2D eigenvalue weighted by Crippen LogP contribution is 2.32. The summed E-state index contributed by atoms with van der Waals surface area (Å²) in [4.78, 5) is 1.26. The van der Waals surface area contributed by atoms with Gasteiger partial charge in [0.25, 0.3) is 0 Å². The fourth-order valence-corrected chi connectivity index (χ4v) is 4.39. The quantitative estimate of drug-likeness (QED) is 0.632. The van der Waals surface area contributed by atoms with Gasteiger partial charge in [-0.15, -0.1) is 11.8 Å². The minimum absolute atomic E-state index is 0.255. The van der Waals surface area contributed by atoms with Crippen LogP contribution < -0.4 is 5.32 Å². The van der Waals surface area contributed by atoms with Gasteiger partial charge in [0.15, 0.2) is 0 Å². The lowest BCUT2D eigenvalue weighted by atomic mass is 10.2. The van der Waals surface area contributed by atoms with Crippen LogP contribution in [-0.4, -0.2) is 22.6 Å². The number of nitrogens with one attached hydrogen (secondary N) is 1. The Morgan fingerprint density at radius 1 is 1.29 bits per heavy atom. The average Bonchev–Trinajstić information content (AvgIpc) is 2.84. The molecule has 1 atom stereocenters. The maximum Gasteiger partial charge on any atom is 0.0704 e. The van der Waals surface area contributed by atoms with Crippen molar-refractivity contribution in [1.82, 2.24) is 15.1 Å². The molecule has 1 heterocycles. The molecule has 0 aliphatic carbocycles. The Morgan fingerprint density at radius 2 is 2.05 bits per heavy atom. The number of benzene rings is 1. The van der Waals surface area contributed by atoms with Crippen LogP contribution in [0.3, 0.4) is 0 Å². The van der Waals surface area contributed by atoms with Crippen molar-refractivity contribution in [2.75, 3.05) is 12.8 Å². The first-order chi connectivity index (χ1) is 10.2. The highest BCUT2D eigenvalue weighted by atomic mass is 79.9. The minimum Gasteiger partial charge on any atom is -0.311 e. The molecular formula is C15H19Br2N3S. The van der Waals surface area contributed by atoms with Crippen molar-refractivity contribution in [1.29, 1.82) is 0 Å². The molecule has 0 bridgehead atoms. The molecule has 0 aliphatic heterocycles. The molecule has 0 saturated carbocycles. The molecule has 21 heavy (non-hydrogen) atoms. The first-order valence-corrected chi connectivity index (χ1v) is 9.50. The van der Waals surface area contributed by atoms with Crippen molar-refractivity contribution in [2.45, 2.75) is 30.8 Å². The summed E-state index contributed by atoms with van der Waals surface area (Å²) in [5.41, 5.74) is 1.22. The molecule has 6 heteroatoms. The Hall–Kier alpha value is -0.300. The number of halogens is 2. The van der Waals surface area contributed by atoms with Gasteiger partial charge in [0.05, 0.1) is 22.4 Å². The molecule has 3 nitrogen and oxygen atoms in total. The summed E-state index contributed by atoms with van der Waals surface area (Å²) < 4.78 is 4.31. The zero-order valence-corrected chi connectivity index (χ0v) is 16.1. The van der Waals surface area contributed by atoms with E-state index in [4.69, 9.17) is 0 Å². The standard InChI is InChI=1S/C15H19Br2N3S/c1-3-8-20-15(12(17)9-19-20)13(18-2)10-21-14-7-5-4-6-11(14)16/h4-7,9,13,18H,3,8,10H2,1-2H3. The van der Waals surface area contributed by atoms with Gasteiger partial charge in [0.2, 0.25) is 0 Å². The summed E-state index contributed by atoms with van der Waals surface area (Å²) in [5.74, 6) is 0.952. The zero-order valence-electron chi connectivity index (χ0n) is 12.1. The average molecular weight is 433 g/mol. The topological polar surface area (TPSA) is 29.9 Å². The second-order valence-corrected chi connectivity index (χ2v) is 7.45. The molecular weight excluding hydrogens is 414 g/mol. The van der Waals surface area contributed by atoms with Crippen molar-refractivity contribution < 1.29 is 0 Å². The van der Waals surface area contributed by atoms with Crippen LogP contribution in [0.2, 0.25) is 0 Å². The molecule has 0 aliphatic rings. The van der Waals surface area contributed by atoms with Crippen LogP contribution in [0.4, 0.5) is 0 Å². The molecule has 0 radical (unpaired) electrons. The fourth-order valence-electron chi connectivity index (χ4n) is 2.14. The monoisotopic (exact) mass is 431 g/mol. The Labute approximate surface area is 147 Å². The molecule has 1 unspecified atom stereocenters. The van der Waals surface area contributed by atoms with Crippen molar-refractivity contribution in [2.24, 2.45) is 0 Å². The summed E-state index contributed by atoms with van der Waals surface area (Å²) in [5, 5.41) is 7.86. The second kappa shape index (κ2) is 8.36. The van der Waals surface area contributed by atoms with Crippen LogP contribution in [-0.2, 0) is 6.54 Å². The summed E-state index contributed by atoms with van der Waals surface area (Å²) in [7, 11) is 2.00. The SMILES string of the molecule is CCCn1ncc(Br)c1C(CSc1ccccc1Br)NC. The van der Waals surface area contributed by atoms with Crippen molar-refractivity contribution in [3.05, 3.63) is 45.1 Å². The predicted octanol–water partition coefficient (Wildman–Crippen LogP) is 4.87.